The number of H-pyrrole nitrogens is 1. The number of hydrogen-bond donors (Lipinski definition) is 1. The Kier molecular flexibility index (Phi) is 4.35. The van der Waals surface area contributed by atoms with Crippen molar-refractivity contribution in [1.29, 1.82) is 0 Å². The molecule has 2 rings (SSSR count). The molecule has 6 nitrogen and oxygen atoms in total. The van der Waals surface area contributed by atoms with Gasteiger partial charge in [0.25, 0.3) is 0 Å². The first-order valence-electron chi connectivity index (χ1n) is 6.13. The predicted molar refractivity (Wildman–Crippen MR) is 68.3 cm³/mol. The van der Waals surface area contributed by atoms with Crippen LogP contribution in [-0.2, 0) is 12.8 Å². The summed E-state index contributed by atoms with van der Waals surface area (Å²) in [5, 5.41) is 11.7. The van der Waals surface area contributed by atoms with Crippen LogP contribution in [0.5, 0.6) is 0 Å². The van der Waals surface area contributed by atoms with E-state index >= 15 is 0 Å². The highest BCUT2D eigenvalue weighted by molar-refractivity contribution is 7.99. The van der Waals surface area contributed by atoms with E-state index in [1.54, 1.807) is 0 Å². The summed E-state index contributed by atoms with van der Waals surface area (Å²) in [4.78, 5) is 8.70. The van der Waals surface area contributed by atoms with Gasteiger partial charge in [0, 0.05) is 12.8 Å². The molecule has 2 aromatic heterocycles. The lowest BCUT2D eigenvalue weighted by Crippen LogP contribution is -1.91. The maximum absolute atomic E-state index is 5.24. The SMILES string of the molecule is CCCc1noc([C@@H](C)Sc2n[nH]c(CC)n2)n1. The molecule has 1 atom stereocenters. The van der Waals surface area contributed by atoms with Crippen molar-refractivity contribution >= 4 is 11.8 Å². The third-order valence-corrected chi connectivity index (χ3v) is 3.38. The largest absolute Gasteiger partial charge is 0.338 e. The summed E-state index contributed by atoms with van der Waals surface area (Å²) < 4.78 is 5.24. The minimum absolute atomic E-state index is 0.0589. The Morgan fingerprint density at radius 3 is 2.83 bits per heavy atom. The molecule has 0 aliphatic carbocycles. The van der Waals surface area contributed by atoms with E-state index in [0.717, 1.165) is 36.1 Å². The van der Waals surface area contributed by atoms with Gasteiger partial charge in [0.05, 0.1) is 5.25 Å². The molecule has 0 fully saturated rings. The number of aromatic amines is 1. The molecule has 2 aromatic rings. The lowest BCUT2D eigenvalue weighted by atomic mass is 10.3. The second kappa shape index (κ2) is 5.99. The van der Waals surface area contributed by atoms with Crippen LogP contribution >= 0.6 is 11.8 Å². The van der Waals surface area contributed by atoms with Gasteiger partial charge in [-0.15, -0.1) is 5.10 Å². The molecule has 1 N–H and O–H groups in total. The quantitative estimate of drug-likeness (QED) is 0.810. The smallest absolute Gasteiger partial charge is 0.239 e. The highest BCUT2D eigenvalue weighted by Crippen LogP contribution is 2.31. The molecular weight excluding hydrogens is 250 g/mol. The fraction of sp³-hybridized carbons (Fsp3) is 0.636. The molecule has 0 bridgehead atoms. The predicted octanol–water partition coefficient (Wildman–Crippen LogP) is 2.56. The normalized spacial score (nSPS) is 12.8. The molecule has 0 spiro atoms. The molecule has 0 saturated heterocycles. The number of thioether (sulfide) groups is 1. The topological polar surface area (TPSA) is 80.5 Å². The number of nitrogens with one attached hydrogen (secondary N) is 1. The Balaban J connectivity index is 1.99. The third kappa shape index (κ3) is 3.10. The van der Waals surface area contributed by atoms with Crippen molar-refractivity contribution in [3.63, 3.8) is 0 Å². The van der Waals surface area contributed by atoms with Crippen LogP contribution in [-0.4, -0.2) is 25.3 Å². The molecule has 0 unspecified atom stereocenters. The first kappa shape index (κ1) is 13.1. The summed E-state index contributed by atoms with van der Waals surface area (Å²) >= 11 is 1.51. The van der Waals surface area contributed by atoms with Gasteiger partial charge in [0.15, 0.2) is 5.82 Å². The average molecular weight is 267 g/mol. The molecule has 98 valence electrons. The van der Waals surface area contributed by atoms with Crippen molar-refractivity contribution in [1.82, 2.24) is 25.3 Å². The Morgan fingerprint density at radius 1 is 1.33 bits per heavy atom. The minimum atomic E-state index is 0.0589. The van der Waals surface area contributed by atoms with E-state index in [4.69, 9.17) is 4.52 Å². The van der Waals surface area contributed by atoms with Crippen molar-refractivity contribution in [2.24, 2.45) is 0 Å². The number of nitrogens with zero attached hydrogens (tertiary/aromatic N) is 4. The zero-order valence-electron chi connectivity index (χ0n) is 10.8. The van der Waals surface area contributed by atoms with Gasteiger partial charge in [-0.25, -0.2) is 4.98 Å². The highest BCUT2D eigenvalue weighted by atomic mass is 32.2. The Labute approximate surface area is 110 Å². The van der Waals surface area contributed by atoms with Gasteiger partial charge >= 0.3 is 0 Å². The lowest BCUT2D eigenvalue weighted by Gasteiger charge is -2.01. The fourth-order valence-electron chi connectivity index (χ4n) is 1.45. The summed E-state index contributed by atoms with van der Waals surface area (Å²) in [6, 6.07) is 0. The third-order valence-electron chi connectivity index (χ3n) is 2.43. The molecule has 18 heavy (non-hydrogen) atoms. The molecule has 0 saturated carbocycles. The van der Waals surface area contributed by atoms with Crippen molar-refractivity contribution in [3.05, 3.63) is 17.5 Å². The van der Waals surface area contributed by atoms with Crippen molar-refractivity contribution in [2.45, 2.75) is 50.4 Å². The Bertz CT molecular complexity index is 495. The monoisotopic (exact) mass is 267 g/mol. The van der Waals surface area contributed by atoms with Crippen molar-refractivity contribution in [2.75, 3.05) is 0 Å². The van der Waals surface area contributed by atoms with Crippen LogP contribution < -0.4 is 0 Å². The summed E-state index contributed by atoms with van der Waals surface area (Å²) in [7, 11) is 0. The molecule has 0 aliphatic heterocycles. The van der Waals surface area contributed by atoms with Crippen LogP contribution in [0, 0.1) is 0 Å². The summed E-state index contributed by atoms with van der Waals surface area (Å²) in [6.45, 7) is 6.14. The molecule has 0 amide bonds. The van der Waals surface area contributed by atoms with Gasteiger partial charge in [0.1, 0.15) is 5.82 Å². The first-order valence-corrected chi connectivity index (χ1v) is 7.01. The molecular formula is C11H17N5OS. The van der Waals surface area contributed by atoms with E-state index in [0.29, 0.717) is 5.89 Å². The van der Waals surface area contributed by atoms with E-state index < -0.39 is 0 Å². The lowest BCUT2D eigenvalue weighted by molar-refractivity contribution is 0.374. The van der Waals surface area contributed by atoms with E-state index in [1.807, 2.05) is 13.8 Å². The first-order chi connectivity index (χ1) is 8.72. The second-order valence-electron chi connectivity index (χ2n) is 3.98. The van der Waals surface area contributed by atoms with E-state index in [1.165, 1.54) is 11.8 Å². The Hall–Kier alpha value is -1.37. The minimum Gasteiger partial charge on any atom is -0.338 e. The van der Waals surface area contributed by atoms with Gasteiger partial charge in [-0.1, -0.05) is 30.8 Å². The van der Waals surface area contributed by atoms with E-state index in [9.17, 15) is 0 Å². The van der Waals surface area contributed by atoms with Crippen molar-refractivity contribution in [3.8, 4) is 0 Å². The van der Waals surface area contributed by atoms with Gasteiger partial charge in [-0.2, -0.15) is 4.98 Å². The number of aromatic nitrogens is 5. The number of hydrogen-bond acceptors (Lipinski definition) is 6. The van der Waals surface area contributed by atoms with E-state index in [2.05, 4.69) is 32.2 Å². The molecule has 0 aromatic carbocycles. The Morgan fingerprint density at radius 2 is 2.17 bits per heavy atom. The van der Waals surface area contributed by atoms with Crippen molar-refractivity contribution < 1.29 is 4.52 Å². The highest BCUT2D eigenvalue weighted by Gasteiger charge is 2.17. The second-order valence-corrected chi connectivity index (χ2v) is 5.29. The molecule has 7 heteroatoms. The van der Waals surface area contributed by atoms with Gasteiger partial charge < -0.3 is 4.52 Å². The van der Waals surface area contributed by atoms with Crippen LogP contribution in [0.15, 0.2) is 9.68 Å². The van der Waals surface area contributed by atoms with Gasteiger partial charge in [0.2, 0.25) is 11.0 Å². The fourth-order valence-corrected chi connectivity index (χ4v) is 2.23. The summed E-state index contributed by atoms with van der Waals surface area (Å²) in [6.07, 6.45) is 2.71. The average Bonchev–Trinajstić information content (AvgIpc) is 2.98. The summed E-state index contributed by atoms with van der Waals surface area (Å²) in [5.41, 5.74) is 0. The van der Waals surface area contributed by atoms with E-state index in [-0.39, 0.29) is 5.25 Å². The van der Waals surface area contributed by atoms with Gasteiger partial charge in [-0.05, 0) is 13.3 Å². The number of rotatable bonds is 6. The zero-order chi connectivity index (χ0) is 13.0. The van der Waals surface area contributed by atoms with Crippen LogP contribution in [0.2, 0.25) is 0 Å². The zero-order valence-corrected chi connectivity index (χ0v) is 11.6. The van der Waals surface area contributed by atoms with Crippen LogP contribution in [0.1, 0.15) is 50.0 Å². The maximum atomic E-state index is 5.24. The molecule has 0 aliphatic rings. The van der Waals surface area contributed by atoms with Gasteiger partial charge in [-0.3, -0.25) is 5.10 Å². The molecule has 0 radical (unpaired) electrons. The molecule has 2 heterocycles. The number of aryl methyl sites for hydroxylation is 2. The summed E-state index contributed by atoms with van der Waals surface area (Å²) in [5.74, 6) is 2.29. The van der Waals surface area contributed by atoms with Crippen LogP contribution in [0.25, 0.3) is 0 Å². The van der Waals surface area contributed by atoms with Crippen LogP contribution in [0.4, 0.5) is 0 Å². The maximum Gasteiger partial charge on any atom is 0.239 e. The standard InChI is InChI=1S/C11H17N5OS/c1-4-6-9-12-10(17-16-9)7(3)18-11-13-8(5-2)14-15-11/h7H,4-6H2,1-3H3,(H,13,14,15)/t7-/m1/s1. The van der Waals surface area contributed by atoms with Crippen LogP contribution in [0.3, 0.4) is 0 Å².